The third kappa shape index (κ3) is 11.7. The van der Waals surface area contributed by atoms with Crippen molar-refractivity contribution in [1.82, 2.24) is 0 Å². The molecule has 0 saturated carbocycles. The highest BCUT2D eigenvalue weighted by molar-refractivity contribution is 5.81. The Balaban J connectivity index is 3.26. The average Bonchev–Trinajstić information content (AvgIpc) is 2.87. The molecule has 3 unspecified atom stereocenters. The molecule has 0 heterocycles. The van der Waals surface area contributed by atoms with E-state index in [9.17, 15) is 19.2 Å². The predicted octanol–water partition coefficient (Wildman–Crippen LogP) is 5.47. The topological polar surface area (TPSA) is 140 Å². The van der Waals surface area contributed by atoms with Gasteiger partial charge in [0.15, 0.2) is 11.5 Å². The summed E-state index contributed by atoms with van der Waals surface area (Å²) in [6.45, 7) is 17.0. The van der Waals surface area contributed by atoms with Crippen LogP contribution in [0.3, 0.4) is 0 Å². The molecule has 10 heteroatoms. The minimum atomic E-state index is -1.59. The number of carbonyl (C=O) groups is 4. The molecule has 0 spiro atoms. The van der Waals surface area contributed by atoms with Gasteiger partial charge < -0.3 is 29.4 Å². The normalized spacial score (nSPS) is 15.1. The summed E-state index contributed by atoms with van der Waals surface area (Å²) >= 11 is 0. The lowest BCUT2D eigenvalue weighted by Gasteiger charge is -2.29. The van der Waals surface area contributed by atoms with Gasteiger partial charge >= 0.3 is 24.1 Å². The summed E-state index contributed by atoms with van der Waals surface area (Å²) in [5, 5.41) is 0. The molecule has 0 aliphatic heterocycles. The van der Waals surface area contributed by atoms with E-state index in [1.165, 1.54) is 19.2 Å². The maximum atomic E-state index is 12.8. The fourth-order valence-electron chi connectivity index (χ4n) is 3.70. The summed E-state index contributed by atoms with van der Waals surface area (Å²) in [5.41, 5.74) is 5.45. The molecule has 10 nitrogen and oxygen atoms in total. The first-order chi connectivity index (χ1) is 19.0. The third-order valence-electron chi connectivity index (χ3n) is 7.15. The zero-order valence-electron chi connectivity index (χ0n) is 26.3. The molecule has 0 aliphatic carbocycles. The van der Waals surface area contributed by atoms with Gasteiger partial charge in [0.2, 0.25) is 0 Å². The van der Waals surface area contributed by atoms with Gasteiger partial charge in [0, 0.05) is 12.8 Å². The van der Waals surface area contributed by atoms with Crippen molar-refractivity contribution in [2.45, 2.75) is 93.2 Å². The van der Waals surface area contributed by atoms with Crippen LogP contribution in [0.4, 0.5) is 4.79 Å². The standard InChI is InChI=1S/C31H49NO9/c1-18(2)13-14-38-30(36)39-21(7)16-31(32,29(35)37-10)17-24-11-12-25(40-27(33)22(8)19(3)4)26(15-24)41-28(34)23(9)20(5)6/h11-12,15,18-23H,13-14,16-17,32H2,1-10H3/t21-,22?,23?,31?/m0/s1. The molecule has 0 bridgehead atoms. The Morgan fingerprint density at radius 3 is 1.85 bits per heavy atom. The first-order valence-electron chi connectivity index (χ1n) is 14.3. The molecule has 1 aromatic carbocycles. The minimum absolute atomic E-state index is 0.0206. The van der Waals surface area contributed by atoms with Gasteiger partial charge in [-0.15, -0.1) is 0 Å². The smallest absolute Gasteiger partial charge is 0.468 e. The molecule has 0 saturated heterocycles. The zero-order chi connectivity index (χ0) is 31.5. The first kappa shape index (κ1) is 35.9. The lowest BCUT2D eigenvalue weighted by molar-refractivity contribution is -0.148. The molecule has 0 fully saturated rings. The van der Waals surface area contributed by atoms with Crippen molar-refractivity contribution in [1.29, 1.82) is 0 Å². The van der Waals surface area contributed by atoms with Crippen LogP contribution >= 0.6 is 0 Å². The highest BCUT2D eigenvalue weighted by atomic mass is 16.7. The van der Waals surface area contributed by atoms with E-state index in [1.54, 1.807) is 26.8 Å². The van der Waals surface area contributed by atoms with E-state index in [0.717, 1.165) is 0 Å². The lowest BCUT2D eigenvalue weighted by atomic mass is 9.86. The molecule has 232 valence electrons. The fraction of sp³-hybridized carbons (Fsp3) is 0.677. The number of methoxy groups -OCH3 is 1. The van der Waals surface area contributed by atoms with Gasteiger partial charge in [0.05, 0.1) is 25.6 Å². The van der Waals surface area contributed by atoms with Gasteiger partial charge in [-0.1, -0.05) is 61.5 Å². The number of hydrogen-bond donors (Lipinski definition) is 1. The summed E-state index contributed by atoms with van der Waals surface area (Å²) in [4.78, 5) is 50.4. The van der Waals surface area contributed by atoms with Crippen molar-refractivity contribution in [3.63, 3.8) is 0 Å². The number of ether oxygens (including phenoxy) is 5. The van der Waals surface area contributed by atoms with Crippen molar-refractivity contribution in [3.8, 4) is 11.5 Å². The van der Waals surface area contributed by atoms with Crippen molar-refractivity contribution >= 4 is 24.1 Å². The molecular formula is C31H49NO9. The maximum absolute atomic E-state index is 12.8. The monoisotopic (exact) mass is 579 g/mol. The summed E-state index contributed by atoms with van der Waals surface area (Å²) in [6.07, 6.45) is -1.04. The van der Waals surface area contributed by atoms with Gasteiger partial charge in [-0.25, -0.2) is 4.79 Å². The molecule has 0 aliphatic rings. The van der Waals surface area contributed by atoms with Crippen molar-refractivity contribution < 1.29 is 42.9 Å². The number of benzene rings is 1. The number of carbonyl (C=O) groups excluding carboxylic acids is 4. The molecule has 1 rings (SSSR count). The zero-order valence-corrected chi connectivity index (χ0v) is 26.3. The fourth-order valence-corrected chi connectivity index (χ4v) is 3.70. The van der Waals surface area contributed by atoms with Crippen LogP contribution in [-0.2, 0) is 35.0 Å². The Bertz CT molecular complexity index is 1040. The molecule has 0 radical (unpaired) electrons. The van der Waals surface area contributed by atoms with E-state index in [4.69, 9.17) is 29.4 Å². The first-order valence-corrected chi connectivity index (χ1v) is 14.3. The largest absolute Gasteiger partial charge is 0.508 e. The lowest BCUT2D eigenvalue weighted by Crippen LogP contribution is -2.53. The second kappa shape index (κ2) is 16.3. The molecule has 0 aromatic heterocycles. The molecule has 41 heavy (non-hydrogen) atoms. The van der Waals surface area contributed by atoms with Crippen molar-refractivity contribution in [2.24, 2.45) is 35.3 Å². The third-order valence-corrected chi connectivity index (χ3v) is 7.15. The molecule has 2 N–H and O–H groups in total. The van der Waals surface area contributed by atoms with Crippen LogP contribution in [0.2, 0.25) is 0 Å². The molecular weight excluding hydrogens is 530 g/mol. The van der Waals surface area contributed by atoms with E-state index in [1.807, 2.05) is 41.5 Å². The molecule has 4 atom stereocenters. The van der Waals surface area contributed by atoms with Gasteiger partial charge in [-0.2, -0.15) is 0 Å². The number of rotatable bonds is 15. The summed E-state index contributed by atoms with van der Waals surface area (Å²) in [7, 11) is 1.22. The Morgan fingerprint density at radius 1 is 0.829 bits per heavy atom. The predicted molar refractivity (Wildman–Crippen MR) is 154 cm³/mol. The number of hydrogen-bond acceptors (Lipinski definition) is 10. The summed E-state index contributed by atoms with van der Waals surface area (Å²) < 4.78 is 26.7. The van der Waals surface area contributed by atoms with Crippen molar-refractivity contribution in [3.05, 3.63) is 23.8 Å². The number of esters is 3. The maximum Gasteiger partial charge on any atom is 0.508 e. The SMILES string of the molecule is COC(=O)C(N)(Cc1ccc(OC(=O)C(C)C(C)C)c(OC(=O)C(C)C(C)C)c1)C[C@H](C)OC(=O)OCCC(C)C. The van der Waals surface area contributed by atoms with E-state index in [0.29, 0.717) is 17.9 Å². The molecule has 0 amide bonds. The van der Waals surface area contributed by atoms with Crippen LogP contribution < -0.4 is 15.2 Å². The quantitative estimate of drug-likeness (QED) is 0.210. The molecule has 1 aromatic rings. The van der Waals surface area contributed by atoms with Gasteiger partial charge in [0.1, 0.15) is 11.6 Å². The van der Waals surface area contributed by atoms with Crippen LogP contribution in [0.1, 0.15) is 80.7 Å². The second-order valence-corrected chi connectivity index (χ2v) is 11.9. The number of nitrogens with two attached hydrogens (primary N) is 1. The Morgan fingerprint density at radius 2 is 1.37 bits per heavy atom. The van der Waals surface area contributed by atoms with Crippen LogP contribution in [0.25, 0.3) is 0 Å². The van der Waals surface area contributed by atoms with Gasteiger partial charge in [0.25, 0.3) is 0 Å². The minimum Gasteiger partial charge on any atom is -0.468 e. The van der Waals surface area contributed by atoms with E-state index >= 15 is 0 Å². The van der Waals surface area contributed by atoms with E-state index in [-0.39, 0.29) is 48.7 Å². The van der Waals surface area contributed by atoms with Crippen LogP contribution in [0.15, 0.2) is 18.2 Å². The average molecular weight is 580 g/mol. The Kier molecular flexibility index (Phi) is 14.3. The highest BCUT2D eigenvalue weighted by Crippen LogP contribution is 2.33. The Hall–Kier alpha value is -3.14. The van der Waals surface area contributed by atoms with Crippen LogP contribution in [0, 0.1) is 29.6 Å². The van der Waals surface area contributed by atoms with Crippen LogP contribution in [0.5, 0.6) is 11.5 Å². The second-order valence-electron chi connectivity index (χ2n) is 11.9. The highest BCUT2D eigenvalue weighted by Gasteiger charge is 2.38. The van der Waals surface area contributed by atoms with Gasteiger partial charge in [-0.05, 0) is 48.8 Å². The van der Waals surface area contributed by atoms with E-state index in [2.05, 4.69) is 0 Å². The van der Waals surface area contributed by atoms with Gasteiger partial charge in [-0.3, -0.25) is 14.4 Å². The Labute approximate surface area is 244 Å². The summed E-state index contributed by atoms with van der Waals surface area (Å²) in [5.74, 6) is -1.92. The van der Waals surface area contributed by atoms with E-state index < -0.39 is 41.6 Å². The van der Waals surface area contributed by atoms with Crippen LogP contribution in [-0.4, -0.2) is 49.4 Å². The summed E-state index contributed by atoms with van der Waals surface area (Å²) in [6, 6.07) is 4.65. The van der Waals surface area contributed by atoms with Crippen molar-refractivity contribution in [2.75, 3.05) is 13.7 Å².